The number of rotatable bonds is 3. The maximum atomic E-state index is 11.3. The molecule has 0 aromatic heterocycles. The third kappa shape index (κ3) is 6.94. The molecular formula is C11H21NO3. The Morgan fingerprint density at radius 1 is 1.40 bits per heavy atom. The molecule has 1 aliphatic rings. The number of carbonyl (C=O) groups excluding carboxylic acids is 2. The van der Waals surface area contributed by atoms with E-state index >= 15 is 0 Å². The van der Waals surface area contributed by atoms with E-state index in [1.54, 1.807) is 0 Å². The van der Waals surface area contributed by atoms with Crippen molar-refractivity contribution < 1.29 is 14.3 Å². The Kier molecular flexibility index (Phi) is 8.82. The van der Waals surface area contributed by atoms with Gasteiger partial charge in [0.25, 0.3) is 6.47 Å². The molecule has 15 heavy (non-hydrogen) atoms. The molecule has 1 fully saturated rings. The lowest BCUT2D eigenvalue weighted by molar-refractivity contribution is -0.126. The third-order valence-corrected chi connectivity index (χ3v) is 2.42. The molecule has 0 aliphatic heterocycles. The lowest BCUT2D eigenvalue weighted by atomic mass is 9.89. The van der Waals surface area contributed by atoms with Crippen molar-refractivity contribution in [1.82, 2.24) is 5.32 Å². The lowest BCUT2D eigenvalue weighted by Crippen LogP contribution is -2.31. The zero-order valence-electron chi connectivity index (χ0n) is 9.62. The highest BCUT2D eigenvalue weighted by atomic mass is 16.5. The smallest absolute Gasteiger partial charge is 0.292 e. The summed E-state index contributed by atoms with van der Waals surface area (Å²) in [5, 5.41) is 2.88. The zero-order valence-corrected chi connectivity index (χ0v) is 9.62. The average molecular weight is 215 g/mol. The molecule has 1 amide bonds. The van der Waals surface area contributed by atoms with E-state index in [2.05, 4.69) is 10.1 Å². The van der Waals surface area contributed by atoms with Gasteiger partial charge in [-0.05, 0) is 19.8 Å². The SMILES string of the molecule is CCNC(=O)C1CCCCC1.COC=O. The summed E-state index contributed by atoms with van der Waals surface area (Å²) in [6.45, 7) is 3.12. The number of methoxy groups -OCH3 is 1. The molecule has 4 nitrogen and oxygen atoms in total. The van der Waals surface area contributed by atoms with Gasteiger partial charge in [-0.2, -0.15) is 0 Å². The van der Waals surface area contributed by atoms with Crippen molar-refractivity contribution >= 4 is 12.4 Å². The van der Waals surface area contributed by atoms with Crippen molar-refractivity contribution in [3.8, 4) is 0 Å². The normalized spacial score (nSPS) is 15.9. The van der Waals surface area contributed by atoms with Crippen molar-refractivity contribution in [3.05, 3.63) is 0 Å². The van der Waals surface area contributed by atoms with Crippen LogP contribution >= 0.6 is 0 Å². The van der Waals surface area contributed by atoms with E-state index in [1.807, 2.05) is 6.92 Å². The number of hydrogen-bond donors (Lipinski definition) is 1. The van der Waals surface area contributed by atoms with Gasteiger partial charge in [0, 0.05) is 12.5 Å². The van der Waals surface area contributed by atoms with Crippen LogP contribution in [-0.4, -0.2) is 26.0 Å². The Bertz CT molecular complexity index is 177. The van der Waals surface area contributed by atoms with Gasteiger partial charge in [0.15, 0.2) is 0 Å². The van der Waals surface area contributed by atoms with Crippen molar-refractivity contribution in [2.24, 2.45) is 5.92 Å². The van der Waals surface area contributed by atoms with E-state index < -0.39 is 0 Å². The van der Waals surface area contributed by atoms with Gasteiger partial charge in [0.1, 0.15) is 0 Å². The zero-order chi connectivity index (χ0) is 11.5. The van der Waals surface area contributed by atoms with E-state index in [9.17, 15) is 4.79 Å². The molecule has 0 aromatic rings. The molecule has 0 heterocycles. The highest BCUT2D eigenvalue weighted by molar-refractivity contribution is 5.78. The Morgan fingerprint density at radius 2 is 1.93 bits per heavy atom. The molecule has 4 heteroatoms. The lowest BCUT2D eigenvalue weighted by Gasteiger charge is -2.20. The van der Waals surface area contributed by atoms with Gasteiger partial charge in [-0.3, -0.25) is 9.59 Å². The van der Waals surface area contributed by atoms with Gasteiger partial charge in [0.05, 0.1) is 7.11 Å². The molecule has 0 saturated heterocycles. The first-order valence-corrected chi connectivity index (χ1v) is 5.50. The van der Waals surface area contributed by atoms with Gasteiger partial charge in [-0.15, -0.1) is 0 Å². The first kappa shape index (κ1) is 13.9. The van der Waals surface area contributed by atoms with Crippen LogP contribution in [0, 0.1) is 5.92 Å². The molecule has 1 N–H and O–H groups in total. The minimum absolute atomic E-state index is 0.271. The van der Waals surface area contributed by atoms with Crippen LogP contribution < -0.4 is 5.32 Å². The van der Waals surface area contributed by atoms with Crippen LogP contribution in [0.1, 0.15) is 39.0 Å². The highest BCUT2D eigenvalue weighted by Gasteiger charge is 2.19. The van der Waals surface area contributed by atoms with Gasteiger partial charge in [-0.25, -0.2) is 0 Å². The Balaban J connectivity index is 0.000000423. The number of amides is 1. The van der Waals surface area contributed by atoms with Crippen LogP contribution in [0.3, 0.4) is 0 Å². The Hall–Kier alpha value is -1.06. The second-order valence-electron chi connectivity index (χ2n) is 3.56. The largest absolute Gasteiger partial charge is 0.471 e. The molecule has 0 radical (unpaired) electrons. The second kappa shape index (κ2) is 9.49. The van der Waals surface area contributed by atoms with Crippen molar-refractivity contribution in [2.45, 2.75) is 39.0 Å². The van der Waals surface area contributed by atoms with Crippen LogP contribution in [0.2, 0.25) is 0 Å². The third-order valence-electron chi connectivity index (χ3n) is 2.42. The van der Waals surface area contributed by atoms with Gasteiger partial charge >= 0.3 is 0 Å². The number of carbonyl (C=O) groups is 2. The fraction of sp³-hybridized carbons (Fsp3) is 0.818. The fourth-order valence-corrected chi connectivity index (χ4v) is 1.68. The summed E-state index contributed by atoms with van der Waals surface area (Å²) in [7, 11) is 1.31. The second-order valence-corrected chi connectivity index (χ2v) is 3.56. The van der Waals surface area contributed by atoms with E-state index in [1.165, 1.54) is 26.4 Å². The van der Waals surface area contributed by atoms with Crippen LogP contribution in [0.15, 0.2) is 0 Å². The predicted octanol–water partition coefficient (Wildman–Crippen LogP) is 1.49. The van der Waals surface area contributed by atoms with E-state index in [0.29, 0.717) is 12.4 Å². The first-order chi connectivity index (χ1) is 7.26. The summed E-state index contributed by atoms with van der Waals surface area (Å²) < 4.78 is 3.86. The maximum absolute atomic E-state index is 11.3. The van der Waals surface area contributed by atoms with Crippen molar-refractivity contribution in [2.75, 3.05) is 13.7 Å². The molecule has 0 unspecified atom stereocenters. The molecule has 0 spiro atoms. The van der Waals surface area contributed by atoms with Crippen LogP contribution in [-0.2, 0) is 14.3 Å². The molecule has 0 bridgehead atoms. The predicted molar refractivity (Wildman–Crippen MR) is 58.3 cm³/mol. The number of hydrogen-bond acceptors (Lipinski definition) is 3. The minimum Gasteiger partial charge on any atom is -0.471 e. The summed E-state index contributed by atoms with van der Waals surface area (Å²) >= 11 is 0. The van der Waals surface area contributed by atoms with E-state index in [4.69, 9.17) is 4.79 Å². The molecule has 1 rings (SSSR count). The highest BCUT2D eigenvalue weighted by Crippen LogP contribution is 2.23. The number of ether oxygens (including phenoxy) is 1. The Morgan fingerprint density at radius 3 is 2.33 bits per heavy atom. The summed E-state index contributed by atoms with van der Waals surface area (Å²) in [5.41, 5.74) is 0. The van der Waals surface area contributed by atoms with E-state index in [0.717, 1.165) is 19.4 Å². The number of nitrogens with one attached hydrogen (secondary N) is 1. The molecule has 0 aromatic carbocycles. The molecule has 1 saturated carbocycles. The minimum atomic E-state index is 0.271. The topological polar surface area (TPSA) is 55.4 Å². The van der Waals surface area contributed by atoms with Crippen LogP contribution in [0.4, 0.5) is 0 Å². The van der Waals surface area contributed by atoms with Gasteiger partial charge < -0.3 is 10.1 Å². The summed E-state index contributed by atoms with van der Waals surface area (Å²) in [5.74, 6) is 0.593. The van der Waals surface area contributed by atoms with Gasteiger partial charge in [0.2, 0.25) is 5.91 Å². The van der Waals surface area contributed by atoms with Crippen molar-refractivity contribution in [1.29, 1.82) is 0 Å². The molecular weight excluding hydrogens is 194 g/mol. The quantitative estimate of drug-likeness (QED) is 0.726. The van der Waals surface area contributed by atoms with Crippen LogP contribution in [0.25, 0.3) is 0 Å². The molecule has 1 aliphatic carbocycles. The maximum Gasteiger partial charge on any atom is 0.292 e. The monoisotopic (exact) mass is 215 g/mol. The van der Waals surface area contributed by atoms with E-state index in [-0.39, 0.29) is 5.91 Å². The summed E-state index contributed by atoms with van der Waals surface area (Å²) in [4.78, 5) is 20.2. The van der Waals surface area contributed by atoms with Gasteiger partial charge in [-0.1, -0.05) is 19.3 Å². The van der Waals surface area contributed by atoms with Crippen molar-refractivity contribution in [3.63, 3.8) is 0 Å². The molecule has 88 valence electrons. The first-order valence-electron chi connectivity index (χ1n) is 5.50. The fourth-order valence-electron chi connectivity index (χ4n) is 1.68. The van der Waals surface area contributed by atoms with Crippen LogP contribution in [0.5, 0.6) is 0 Å². The summed E-state index contributed by atoms with van der Waals surface area (Å²) in [6, 6.07) is 0. The Labute approximate surface area is 91.4 Å². The standard InChI is InChI=1S/C9H17NO.C2H4O2/c1-2-10-9(11)8-6-4-3-5-7-8;1-4-2-3/h8H,2-7H2,1H3,(H,10,11);2H,1H3. The summed E-state index contributed by atoms with van der Waals surface area (Å²) in [6.07, 6.45) is 6.00. The molecule has 0 atom stereocenters. The average Bonchev–Trinajstić information content (AvgIpc) is 2.31.